The number of carbonyl (C=O) groups excluding carboxylic acids is 2. The van der Waals surface area contributed by atoms with E-state index >= 15 is 0 Å². The van der Waals surface area contributed by atoms with Gasteiger partial charge in [-0.15, -0.1) is 0 Å². The first kappa shape index (κ1) is 14.7. The van der Waals surface area contributed by atoms with Gasteiger partial charge >= 0.3 is 5.97 Å². The molecule has 1 fully saturated rings. The lowest BCUT2D eigenvalue weighted by molar-refractivity contribution is -0.155. The van der Waals surface area contributed by atoms with E-state index in [0.717, 1.165) is 32.1 Å². The van der Waals surface area contributed by atoms with Crippen molar-refractivity contribution in [2.24, 2.45) is 5.92 Å². The van der Waals surface area contributed by atoms with Crippen molar-refractivity contribution in [1.82, 2.24) is 5.48 Å². The van der Waals surface area contributed by atoms with Crippen LogP contribution in [0.3, 0.4) is 0 Å². The van der Waals surface area contributed by atoms with Crippen molar-refractivity contribution in [3.05, 3.63) is 23.8 Å². The van der Waals surface area contributed by atoms with E-state index in [1.165, 1.54) is 0 Å². The standard InChI is InChI=1S/C16H19NO5/c18-15(17-22-16(19)11-4-2-1-3-5-11)12-6-7-13-14(10-12)21-9-8-20-13/h6-7,10-11H,1-5,8-9H2,(H,17,18). The SMILES string of the molecule is O=C(NOC(=O)C1CCCCC1)c1ccc2c(c1)OCCO2. The number of fused-ring (bicyclic) bond motifs is 1. The number of ether oxygens (including phenoxy) is 2. The number of rotatable bonds is 2. The van der Waals surface area contributed by atoms with Crippen molar-refractivity contribution in [3.8, 4) is 11.5 Å². The van der Waals surface area contributed by atoms with Crippen LogP contribution in [0, 0.1) is 5.92 Å². The summed E-state index contributed by atoms with van der Waals surface area (Å²) in [6.07, 6.45) is 4.90. The molecule has 6 heteroatoms. The third-order valence-electron chi connectivity index (χ3n) is 3.99. The third-order valence-corrected chi connectivity index (χ3v) is 3.99. The van der Waals surface area contributed by atoms with Crippen LogP contribution in [0.2, 0.25) is 0 Å². The van der Waals surface area contributed by atoms with E-state index in [0.29, 0.717) is 30.3 Å². The Bertz CT molecular complexity index is 566. The van der Waals surface area contributed by atoms with Crippen LogP contribution in [0.25, 0.3) is 0 Å². The van der Waals surface area contributed by atoms with Gasteiger partial charge in [0.2, 0.25) is 0 Å². The second-order valence-electron chi connectivity index (χ2n) is 5.55. The highest BCUT2D eigenvalue weighted by atomic mass is 16.7. The molecule has 1 aliphatic carbocycles. The first-order chi connectivity index (χ1) is 10.7. The van der Waals surface area contributed by atoms with Crippen molar-refractivity contribution < 1.29 is 23.9 Å². The Morgan fingerprint density at radius 2 is 1.77 bits per heavy atom. The molecule has 118 valence electrons. The molecule has 0 bridgehead atoms. The van der Waals surface area contributed by atoms with Crippen LogP contribution < -0.4 is 15.0 Å². The second-order valence-corrected chi connectivity index (χ2v) is 5.55. The Balaban J connectivity index is 1.56. The maximum atomic E-state index is 12.0. The predicted octanol–water partition coefficient (Wildman–Crippen LogP) is 2.23. The van der Waals surface area contributed by atoms with Gasteiger partial charge in [-0.05, 0) is 31.0 Å². The largest absolute Gasteiger partial charge is 0.486 e. The topological polar surface area (TPSA) is 73.9 Å². The molecule has 1 N–H and O–H groups in total. The van der Waals surface area contributed by atoms with E-state index in [1.54, 1.807) is 18.2 Å². The highest BCUT2D eigenvalue weighted by molar-refractivity contribution is 5.95. The average molecular weight is 305 g/mol. The van der Waals surface area contributed by atoms with Crippen molar-refractivity contribution in [2.45, 2.75) is 32.1 Å². The summed E-state index contributed by atoms with van der Waals surface area (Å²) >= 11 is 0. The molecule has 0 atom stereocenters. The smallest absolute Gasteiger partial charge is 0.335 e. The van der Waals surface area contributed by atoms with Crippen LogP contribution in [0.4, 0.5) is 0 Å². The lowest BCUT2D eigenvalue weighted by atomic mass is 9.89. The van der Waals surface area contributed by atoms with Crippen molar-refractivity contribution in [3.63, 3.8) is 0 Å². The van der Waals surface area contributed by atoms with Gasteiger partial charge in [-0.25, -0.2) is 4.79 Å². The molecule has 0 unspecified atom stereocenters. The number of hydrogen-bond acceptors (Lipinski definition) is 5. The average Bonchev–Trinajstić information content (AvgIpc) is 2.59. The molecule has 1 heterocycles. The number of carbonyl (C=O) groups is 2. The molecule has 1 aliphatic heterocycles. The van der Waals surface area contributed by atoms with Gasteiger partial charge in [0.15, 0.2) is 11.5 Å². The zero-order chi connectivity index (χ0) is 15.4. The molecular formula is C16H19NO5. The van der Waals surface area contributed by atoms with Crippen molar-refractivity contribution in [1.29, 1.82) is 0 Å². The zero-order valence-electron chi connectivity index (χ0n) is 12.3. The molecule has 1 aromatic carbocycles. The minimum atomic E-state index is -0.471. The Hall–Kier alpha value is -2.24. The summed E-state index contributed by atoms with van der Waals surface area (Å²) in [7, 11) is 0. The first-order valence-corrected chi connectivity index (χ1v) is 7.65. The maximum absolute atomic E-state index is 12.0. The fourth-order valence-corrected chi connectivity index (χ4v) is 2.76. The molecule has 3 rings (SSSR count). The second kappa shape index (κ2) is 6.68. The van der Waals surface area contributed by atoms with Gasteiger partial charge in [-0.1, -0.05) is 19.3 Å². The summed E-state index contributed by atoms with van der Waals surface area (Å²) in [5, 5.41) is 0. The summed E-state index contributed by atoms with van der Waals surface area (Å²) < 4.78 is 10.8. The van der Waals surface area contributed by atoms with Gasteiger partial charge in [0.25, 0.3) is 5.91 Å². The summed E-state index contributed by atoms with van der Waals surface area (Å²) in [4.78, 5) is 28.8. The summed E-state index contributed by atoms with van der Waals surface area (Å²) in [5.41, 5.74) is 2.58. The van der Waals surface area contributed by atoms with Gasteiger partial charge in [-0.2, -0.15) is 5.48 Å². The predicted molar refractivity (Wildman–Crippen MR) is 77.6 cm³/mol. The number of benzene rings is 1. The van der Waals surface area contributed by atoms with Crippen molar-refractivity contribution in [2.75, 3.05) is 13.2 Å². The van der Waals surface area contributed by atoms with Crippen LogP contribution in [0.15, 0.2) is 18.2 Å². The Morgan fingerprint density at radius 1 is 1.05 bits per heavy atom. The quantitative estimate of drug-likeness (QED) is 0.848. The van der Waals surface area contributed by atoms with E-state index < -0.39 is 5.91 Å². The maximum Gasteiger partial charge on any atom is 0.335 e. The van der Waals surface area contributed by atoms with E-state index in [-0.39, 0.29) is 11.9 Å². The molecular weight excluding hydrogens is 286 g/mol. The third kappa shape index (κ3) is 3.32. The number of hydroxylamine groups is 1. The highest BCUT2D eigenvalue weighted by Crippen LogP contribution is 2.30. The van der Waals surface area contributed by atoms with E-state index in [2.05, 4.69) is 5.48 Å². The van der Waals surface area contributed by atoms with Gasteiger partial charge in [-0.3, -0.25) is 4.79 Å². The van der Waals surface area contributed by atoms with Gasteiger partial charge in [0, 0.05) is 5.56 Å². The van der Waals surface area contributed by atoms with Gasteiger partial charge in [0.1, 0.15) is 13.2 Å². The fourth-order valence-electron chi connectivity index (χ4n) is 2.76. The minimum absolute atomic E-state index is 0.102. The summed E-state index contributed by atoms with van der Waals surface area (Å²) in [6, 6.07) is 4.86. The molecule has 0 spiro atoms. The van der Waals surface area contributed by atoms with E-state index in [4.69, 9.17) is 14.3 Å². The van der Waals surface area contributed by atoms with Crippen LogP contribution in [0.5, 0.6) is 11.5 Å². The minimum Gasteiger partial charge on any atom is -0.486 e. The number of hydrogen-bond donors (Lipinski definition) is 1. The highest BCUT2D eigenvalue weighted by Gasteiger charge is 2.24. The van der Waals surface area contributed by atoms with Gasteiger partial charge in [0.05, 0.1) is 5.92 Å². The van der Waals surface area contributed by atoms with Crippen LogP contribution >= 0.6 is 0 Å². The molecule has 0 aromatic heterocycles. The molecule has 1 amide bonds. The Labute approximate surface area is 128 Å². The lowest BCUT2D eigenvalue weighted by Gasteiger charge is -2.20. The normalized spacial score (nSPS) is 17.6. The Morgan fingerprint density at radius 3 is 2.55 bits per heavy atom. The monoisotopic (exact) mass is 305 g/mol. The number of nitrogens with one attached hydrogen (secondary N) is 1. The molecule has 0 saturated heterocycles. The molecule has 6 nitrogen and oxygen atoms in total. The Kier molecular flexibility index (Phi) is 4.46. The fraction of sp³-hybridized carbons (Fsp3) is 0.500. The lowest BCUT2D eigenvalue weighted by Crippen LogP contribution is -2.31. The number of amides is 1. The van der Waals surface area contributed by atoms with Crippen LogP contribution in [0.1, 0.15) is 42.5 Å². The first-order valence-electron chi connectivity index (χ1n) is 7.65. The van der Waals surface area contributed by atoms with Crippen LogP contribution in [-0.4, -0.2) is 25.1 Å². The molecule has 1 saturated carbocycles. The van der Waals surface area contributed by atoms with Gasteiger partial charge < -0.3 is 14.3 Å². The molecule has 2 aliphatic rings. The van der Waals surface area contributed by atoms with Crippen molar-refractivity contribution >= 4 is 11.9 Å². The molecule has 22 heavy (non-hydrogen) atoms. The van der Waals surface area contributed by atoms with E-state index in [1.807, 2.05) is 0 Å². The molecule has 0 radical (unpaired) electrons. The van der Waals surface area contributed by atoms with E-state index in [9.17, 15) is 9.59 Å². The summed E-state index contributed by atoms with van der Waals surface area (Å²) in [6.45, 7) is 0.951. The summed E-state index contributed by atoms with van der Waals surface area (Å²) in [5.74, 6) is 0.209. The molecule has 1 aromatic rings. The zero-order valence-corrected chi connectivity index (χ0v) is 12.3. The van der Waals surface area contributed by atoms with Crippen LogP contribution in [-0.2, 0) is 9.63 Å².